The van der Waals surface area contributed by atoms with E-state index in [1.54, 1.807) is 12.4 Å². The molecule has 0 radical (unpaired) electrons. The fraction of sp³-hybridized carbons (Fsp3) is 0.553. The van der Waals surface area contributed by atoms with Gasteiger partial charge in [0, 0.05) is 67.8 Å². The molecule has 48 heavy (non-hydrogen) atoms. The molecule has 10 heteroatoms. The van der Waals surface area contributed by atoms with E-state index in [0.717, 1.165) is 98.1 Å². The normalized spacial score (nSPS) is 33.0. The number of amides is 2. The van der Waals surface area contributed by atoms with Gasteiger partial charge in [-0.3, -0.25) is 4.90 Å². The Bertz CT molecular complexity index is 1530. The highest BCUT2D eigenvalue weighted by Crippen LogP contribution is 2.55. The Morgan fingerprint density at radius 2 is 1.58 bits per heavy atom. The number of nitrogens with zero attached hydrogens (tertiary/aromatic N) is 4. The number of piperazine rings is 1. The van der Waals surface area contributed by atoms with Crippen molar-refractivity contribution in [2.75, 3.05) is 42.9 Å². The van der Waals surface area contributed by atoms with Crippen molar-refractivity contribution < 1.29 is 19.4 Å². The van der Waals surface area contributed by atoms with Gasteiger partial charge in [0.25, 0.3) is 0 Å². The van der Waals surface area contributed by atoms with Gasteiger partial charge in [0.2, 0.25) is 5.95 Å². The van der Waals surface area contributed by atoms with Crippen molar-refractivity contribution in [3.05, 3.63) is 83.7 Å². The predicted molar refractivity (Wildman–Crippen MR) is 183 cm³/mol. The second-order valence-corrected chi connectivity index (χ2v) is 15.1. The molecular formula is C38H48N6O4. The summed E-state index contributed by atoms with van der Waals surface area (Å²) < 4.78 is 13.5. The van der Waals surface area contributed by atoms with E-state index in [4.69, 9.17) is 9.47 Å². The van der Waals surface area contributed by atoms with Crippen molar-refractivity contribution in [3.63, 3.8) is 0 Å². The average molecular weight is 653 g/mol. The molecular weight excluding hydrogens is 604 g/mol. The maximum atomic E-state index is 13.4. The van der Waals surface area contributed by atoms with Crippen LogP contribution in [0.1, 0.15) is 74.5 Å². The van der Waals surface area contributed by atoms with Gasteiger partial charge in [-0.05, 0) is 85.6 Å². The van der Waals surface area contributed by atoms with Crippen LogP contribution in [0.2, 0.25) is 0 Å². The van der Waals surface area contributed by atoms with Gasteiger partial charge in [-0.1, -0.05) is 43.3 Å². The highest BCUT2D eigenvalue weighted by Gasteiger charge is 2.51. The van der Waals surface area contributed by atoms with Crippen LogP contribution in [0.4, 0.5) is 16.4 Å². The summed E-state index contributed by atoms with van der Waals surface area (Å²) in [6.07, 6.45) is 10.1. The van der Waals surface area contributed by atoms with Gasteiger partial charge in [0.1, 0.15) is 0 Å². The number of ether oxygens (including phenoxy) is 2. The number of aliphatic hydroxyl groups excluding tert-OH is 1. The van der Waals surface area contributed by atoms with Gasteiger partial charge >= 0.3 is 6.03 Å². The average Bonchev–Trinajstić information content (AvgIpc) is 3.09. The van der Waals surface area contributed by atoms with Gasteiger partial charge in [0.05, 0.1) is 18.8 Å². The van der Waals surface area contributed by atoms with Crippen LogP contribution in [-0.4, -0.2) is 70.4 Å². The van der Waals surface area contributed by atoms with Gasteiger partial charge in [-0.25, -0.2) is 14.8 Å². The molecule has 2 aromatic carbocycles. The number of hydrogen-bond donors (Lipinski definition) is 3. The summed E-state index contributed by atoms with van der Waals surface area (Å²) in [5.41, 5.74) is 3.50. The Morgan fingerprint density at radius 1 is 0.896 bits per heavy atom. The molecule has 4 aliphatic carbocycles. The van der Waals surface area contributed by atoms with Crippen molar-refractivity contribution in [3.8, 4) is 0 Å². The number of rotatable bonds is 8. The third-order valence-electron chi connectivity index (χ3n) is 11.6. The zero-order chi connectivity index (χ0) is 32.7. The SMILES string of the molecule is C[C@@H]1[C@H](CN2CCN(c3ncccn3)CC2)O[C@H](c2cccc(NC(=O)NC34CC5CC(CC(C5)C3)C4)c2)O[C@@H]1c1ccc(CO)cc1. The number of nitrogens with one attached hydrogen (secondary N) is 2. The van der Waals surface area contributed by atoms with Gasteiger partial charge in [-0.2, -0.15) is 0 Å². The molecule has 4 bridgehead atoms. The monoisotopic (exact) mass is 652 g/mol. The molecule has 3 aromatic rings. The molecule has 3 heterocycles. The smallest absolute Gasteiger partial charge is 0.319 e. The lowest BCUT2D eigenvalue weighted by molar-refractivity contribution is -0.276. The Kier molecular flexibility index (Phi) is 8.83. The first-order chi connectivity index (χ1) is 23.4. The minimum atomic E-state index is -0.597. The third kappa shape index (κ3) is 6.68. The second kappa shape index (κ2) is 13.4. The summed E-state index contributed by atoms with van der Waals surface area (Å²) in [5.74, 6) is 3.17. The van der Waals surface area contributed by atoms with Gasteiger partial charge in [-0.15, -0.1) is 0 Å². The number of anilines is 2. The minimum absolute atomic E-state index is 0.00590. The van der Waals surface area contributed by atoms with Crippen LogP contribution in [0.25, 0.3) is 0 Å². The molecule has 10 nitrogen and oxygen atoms in total. The lowest BCUT2D eigenvalue weighted by Gasteiger charge is -2.56. The van der Waals surface area contributed by atoms with E-state index in [0.29, 0.717) is 0 Å². The van der Waals surface area contributed by atoms with E-state index < -0.39 is 6.29 Å². The molecule has 2 amide bonds. The Balaban J connectivity index is 0.968. The van der Waals surface area contributed by atoms with Crippen LogP contribution in [0, 0.1) is 23.7 Å². The lowest BCUT2D eigenvalue weighted by atomic mass is 9.53. The highest BCUT2D eigenvalue weighted by molar-refractivity contribution is 5.90. The summed E-state index contributed by atoms with van der Waals surface area (Å²) in [7, 11) is 0. The first-order valence-corrected chi connectivity index (χ1v) is 17.9. The van der Waals surface area contributed by atoms with Crippen molar-refractivity contribution in [1.82, 2.24) is 20.2 Å². The number of urea groups is 1. The quantitative estimate of drug-likeness (QED) is 0.286. The summed E-state index contributed by atoms with van der Waals surface area (Å²) in [6.45, 7) is 6.49. The zero-order valence-electron chi connectivity index (χ0n) is 27.8. The van der Waals surface area contributed by atoms with Crippen LogP contribution in [0.3, 0.4) is 0 Å². The predicted octanol–water partition coefficient (Wildman–Crippen LogP) is 5.67. The number of aromatic nitrogens is 2. The lowest BCUT2D eigenvalue weighted by Crippen LogP contribution is -2.60. The summed E-state index contributed by atoms with van der Waals surface area (Å²) in [6, 6.07) is 17.7. The summed E-state index contributed by atoms with van der Waals surface area (Å²) >= 11 is 0. The van der Waals surface area contributed by atoms with Crippen LogP contribution in [0.15, 0.2) is 67.0 Å². The molecule has 6 aliphatic rings. The van der Waals surface area contributed by atoms with Crippen LogP contribution >= 0.6 is 0 Å². The van der Waals surface area contributed by atoms with Crippen molar-refractivity contribution >= 4 is 17.7 Å². The van der Waals surface area contributed by atoms with Crippen LogP contribution < -0.4 is 15.5 Å². The zero-order valence-corrected chi connectivity index (χ0v) is 27.8. The van der Waals surface area contributed by atoms with Crippen molar-refractivity contribution in [1.29, 1.82) is 0 Å². The van der Waals surface area contributed by atoms with Gasteiger partial charge < -0.3 is 30.1 Å². The molecule has 1 aromatic heterocycles. The van der Waals surface area contributed by atoms with Crippen molar-refractivity contribution in [2.24, 2.45) is 23.7 Å². The Morgan fingerprint density at radius 3 is 2.25 bits per heavy atom. The molecule has 2 aliphatic heterocycles. The molecule has 254 valence electrons. The van der Waals surface area contributed by atoms with Crippen LogP contribution in [-0.2, 0) is 16.1 Å². The van der Waals surface area contributed by atoms with E-state index in [1.165, 1.54) is 19.3 Å². The summed E-state index contributed by atoms with van der Waals surface area (Å²) in [5, 5.41) is 16.2. The number of aliphatic hydroxyl groups is 1. The molecule has 2 saturated heterocycles. The number of carbonyl (C=O) groups is 1. The third-order valence-corrected chi connectivity index (χ3v) is 11.6. The maximum absolute atomic E-state index is 13.4. The summed E-state index contributed by atoms with van der Waals surface area (Å²) in [4.78, 5) is 26.9. The fourth-order valence-electron chi connectivity index (χ4n) is 9.60. The molecule has 4 atom stereocenters. The van der Waals surface area contributed by atoms with E-state index in [9.17, 15) is 9.90 Å². The van der Waals surface area contributed by atoms with E-state index in [1.807, 2.05) is 42.5 Å². The van der Waals surface area contributed by atoms with Crippen molar-refractivity contribution in [2.45, 2.75) is 76.1 Å². The fourth-order valence-corrected chi connectivity index (χ4v) is 9.60. The molecule has 9 rings (SSSR count). The largest absolute Gasteiger partial charge is 0.392 e. The van der Waals surface area contributed by atoms with Gasteiger partial charge in [0.15, 0.2) is 6.29 Å². The number of carbonyl (C=O) groups excluding carboxylic acids is 1. The molecule has 6 fully saturated rings. The Labute approximate surface area is 283 Å². The maximum Gasteiger partial charge on any atom is 0.319 e. The molecule has 3 N–H and O–H groups in total. The van der Waals surface area contributed by atoms with E-state index >= 15 is 0 Å². The standard InChI is InChI=1S/C38H48N6O4/c1-25-33(23-43-12-14-44(15-13-43)36-39-10-3-11-40-36)47-35(48-34(25)30-8-6-26(24-45)7-9-30)31-4-2-5-32(19-31)41-37(46)42-38-20-27-16-28(21-38)18-29(17-27)22-38/h2-11,19,25,27-29,33-35,45H,12-18,20-24H2,1H3,(H2,41,42,46)/t25-,27?,28?,29?,33+,34+,35+,38?/m1/s1. The minimum Gasteiger partial charge on any atom is -0.392 e. The molecule has 0 unspecified atom stereocenters. The molecule has 0 spiro atoms. The molecule has 4 saturated carbocycles. The van der Waals surface area contributed by atoms with E-state index in [2.05, 4.69) is 49.5 Å². The highest BCUT2D eigenvalue weighted by atomic mass is 16.7. The number of hydrogen-bond acceptors (Lipinski definition) is 8. The number of benzene rings is 2. The van der Waals surface area contributed by atoms with Crippen LogP contribution in [0.5, 0.6) is 0 Å². The van der Waals surface area contributed by atoms with E-state index in [-0.39, 0.29) is 36.3 Å². The first kappa shape index (κ1) is 31.7. The Hall–Kier alpha value is -3.57. The second-order valence-electron chi connectivity index (χ2n) is 15.1. The first-order valence-electron chi connectivity index (χ1n) is 17.9. The topological polar surface area (TPSA) is 112 Å².